The summed E-state index contributed by atoms with van der Waals surface area (Å²) in [5.41, 5.74) is 1.58. The topological polar surface area (TPSA) is 66.5 Å². The van der Waals surface area contributed by atoms with E-state index < -0.39 is 16.1 Å². The minimum absolute atomic E-state index is 0.0810. The van der Waals surface area contributed by atoms with Gasteiger partial charge in [0.2, 0.25) is 15.9 Å². The minimum Gasteiger partial charge on any atom is -0.352 e. The van der Waals surface area contributed by atoms with E-state index in [0.29, 0.717) is 17.1 Å². The summed E-state index contributed by atoms with van der Waals surface area (Å²) < 4.78 is 26.0. The summed E-state index contributed by atoms with van der Waals surface area (Å²) in [7, 11) is -3.67. The number of hydrogen-bond donors (Lipinski definition) is 1. The third-order valence-electron chi connectivity index (χ3n) is 4.49. The fourth-order valence-electron chi connectivity index (χ4n) is 3.11. The zero-order valence-corrected chi connectivity index (χ0v) is 18.0. The molecule has 1 N–H and O–H groups in total. The molecule has 28 heavy (non-hydrogen) atoms. The van der Waals surface area contributed by atoms with Crippen molar-refractivity contribution in [1.82, 2.24) is 5.32 Å². The van der Waals surface area contributed by atoms with Gasteiger partial charge in [0.15, 0.2) is 0 Å². The normalized spacial score (nSPS) is 13.6. The lowest BCUT2D eigenvalue weighted by molar-refractivity contribution is -0.122. The van der Waals surface area contributed by atoms with Crippen molar-refractivity contribution in [2.75, 3.05) is 10.6 Å². The maximum Gasteiger partial charge on any atom is 0.244 e. The van der Waals surface area contributed by atoms with Gasteiger partial charge in [-0.05, 0) is 49.9 Å². The predicted octanol–water partition coefficient (Wildman–Crippen LogP) is 4.02. The number of rotatable bonds is 9. The Morgan fingerprint density at radius 2 is 1.82 bits per heavy atom. The summed E-state index contributed by atoms with van der Waals surface area (Å²) >= 11 is 6.03. The molecule has 0 heterocycles. The van der Waals surface area contributed by atoms with Crippen molar-refractivity contribution in [1.29, 1.82) is 0 Å². The van der Waals surface area contributed by atoms with Crippen LogP contribution in [0.25, 0.3) is 0 Å². The highest BCUT2D eigenvalue weighted by atomic mass is 35.5. The van der Waals surface area contributed by atoms with Gasteiger partial charge in [-0.3, -0.25) is 9.10 Å². The molecule has 0 aliphatic heterocycles. The molecular weight excluding hydrogens is 396 g/mol. The molecule has 0 aromatic heterocycles. The summed E-state index contributed by atoms with van der Waals surface area (Å²) in [5, 5.41) is 3.37. The number of carbonyl (C=O) groups excluding carboxylic acids is 1. The van der Waals surface area contributed by atoms with E-state index in [9.17, 15) is 13.2 Å². The van der Waals surface area contributed by atoms with Gasteiger partial charge in [0.25, 0.3) is 0 Å². The fraction of sp³-hybridized carbons (Fsp3) is 0.381. The molecule has 0 spiro atoms. The van der Waals surface area contributed by atoms with Crippen LogP contribution in [0.15, 0.2) is 54.6 Å². The Balaban J connectivity index is 2.12. The molecule has 2 atom stereocenters. The summed E-state index contributed by atoms with van der Waals surface area (Å²) in [6.07, 6.45) is 3.05. The molecular formula is C21H27ClN2O3S. The smallest absolute Gasteiger partial charge is 0.244 e. The molecule has 0 saturated carbocycles. The van der Waals surface area contributed by atoms with E-state index in [2.05, 4.69) is 5.32 Å². The number of hydrogen-bond acceptors (Lipinski definition) is 3. The van der Waals surface area contributed by atoms with E-state index >= 15 is 0 Å². The highest BCUT2D eigenvalue weighted by molar-refractivity contribution is 7.92. The van der Waals surface area contributed by atoms with Crippen molar-refractivity contribution in [2.24, 2.45) is 0 Å². The first-order valence-electron chi connectivity index (χ1n) is 9.31. The van der Waals surface area contributed by atoms with Crippen molar-refractivity contribution < 1.29 is 13.2 Å². The SMILES string of the molecule is CC[C@H](C(=O)N[C@H](C)CCc1ccccc1)N(c1cccc(Cl)c1)S(C)(=O)=O. The van der Waals surface area contributed by atoms with Crippen LogP contribution in [0.5, 0.6) is 0 Å². The molecule has 0 fully saturated rings. The van der Waals surface area contributed by atoms with Gasteiger partial charge >= 0.3 is 0 Å². The van der Waals surface area contributed by atoms with Gasteiger partial charge in [-0.15, -0.1) is 0 Å². The van der Waals surface area contributed by atoms with Crippen LogP contribution in [0.4, 0.5) is 5.69 Å². The molecule has 1 amide bonds. The first-order chi connectivity index (χ1) is 13.2. The molecule has 0 saturated heterocycles. The molecule has 5 nitrogen and oxygen atoms in total. The number of benzene rings is 2. The number of sulfonamides is 1. The molecule has 0 radical (unpaired) electrons. The van der Waals surface area contributed by atoms with Crippen molar-refractivity contribution in [3.63, 3.8) is 0 Å². The van der Waals surface area contributed by atoms with E-state index in [1.165, 1.54) is 5.56 Å². The first-order valence-corrected chi connectivity index (χ1v) is 11.5. The molecule has 0 unspecified atom stereocenters. The Morgan fingerprint density at radius 1 is 1.14 bits per heavy atom. The maximum absolute atomic E-state index is 12.9. The monoisotopic (exact) mass is 422 g/mol. The van der Waals surface area contributed by atoms with Gasteiger partial charge < -0.3 is 5.32 Å². The summed E-state index contributed by atoms with van der Waals surface area (Å²) in [5.74, 6) is -0.312. The number of amides is 1. The number of anilines is 1. The largest absolute Gasteiger partial charge is 0.352 e. The van der Waals surface area contributed by atoms with Crippen molar-refractivity contribution >= 4 is 33.2 Å². The van der Waals surface area contributed by atoms with Crippen molar-refractivity contribution in [3.8, 4) is 0 Å². The van der Waals surface area contributed by atoms with E-state index in [-0.39, 0.29) is 11.9 Å². The van der Waals surface area contributed by atoms with Crippen LogP contribution in [0, 0.1) is 0 Å². The Bertz CT molecular complexity index is 888. The second kappa shape index (κ2) is 9.94. The molecule has 2 rings (SSSR count). The molecule has 7 heteroatoms. The molecule has 152 valence electrons. The van der Waals surface area contributed by atoms with Gasteiger partial charge in [0.1, 0.15) is 6.04 Å². The van der Waals surface area contributed by atoms with Crippen LogP contribution in [-0.4, -0.2) is 32.7 Å². The fourth-order valence-corrected chi connectivity index (χ4v) is 4.50. The predicted molar refractivity (Wildman–Crippen MR) is 115 cm³/mol. The van der Waals surface area contributed by atoms with Gasteiger partial charge in [0, 0.05) is 11.1 Å². The van der Waals surface area contributed by atoms with Crippen LogP contribution in [-0.2, 0) is 21.2 Å². The zero-order chi connectivity index (χ0) is 20.7. The summed E-state index contributed by atoms with van der Waals surface area (Å²) in [4.78, 5) is 12.9. The molecule has 2 aromatic rings. The quantitative estimate of drug-likeness (QED) is 0.663. The average Bonchev–Trinajstić information content (AvgIpc) is 2.64. The second-order valence-corrected chi connectivity index (χ2v) is 9.19. The molecule has 2 aromatic carbocycles. The zero-order valence-electron chi connectivity index (χ0n) is 16.4. The lowest BCUT2D eigenvalue weighted by Gasteiger charge is -2.31. The van der Waals surface area contributed by atoms with Crippen molar-refractivity contribution in [3.05, 3.63) is 65.2 Å². The van der Waals surface area contributed by atoms with Crippen LogP contribution in [0.3, 0.4) is 0 Å². The average molecular weight is 423 g/mol. The lowest BCUT2D eigenvalue weighted by atomic mass is 10.1. The Kier molecular flexibility index (Phi) is 7.89. The van der Waals surface area contributed by atoms with Crippen molar-refractivity contribution in [2.45, 2.75) is 45.2 Å². The minimum atomic E-state index is -3.67. The highest BCUT2D eigenvalue weighted by Crippen LogP contribution is 2.25. The van der Waals surface area contributed by atoms with Gasteiger partial charge in [-0.25, -0.2) is 8.42 Å². The number of aryl methyl sites for hydroxylation is 1. The van der Waals surface area contributed by atoms with Gasteiger partial charge in [-0.2, -0.15) is 0 Å². The first kappa shape index (κ1) is 22.2. The van der Waals surface area contributed by atoms with Gasteiger partial charge in [0.05, 0.1) is 11.9 Å². The maximum atomic E-state index is 12.9. The van der Waals surface area contributed by atoms with Crippen LogP contribution in [0.1, 0.15) is 32.3 Å². The standard InChI is InChI=1S/C21H27ClN2O3S/c1-4-20(24(28(3,26)27)19-12-8-11-18(22)15-19)21(25)23-16(2)13-14-17-9-6-5-7-10-17/h5-12,15-16,20H,4,13-14H2,1-3H3,(H,23,25)/t16-,20-/m1/s1. The second-order valence-electron chi connectivity index (χ2n) is 6.90. The Labute approximate surface area is 172 Å². The van der Waals surface area contributed by atoms with E-state index in [0.717, 1.165) is 23.4 Å². The third-order valence-corrected chi connectivity index (χ3v) is 5.90. The number of nitrogens with zero attached hydrogens (tertiary/aromatic N) is 1. The number of carbonyl (C=O) groups is 1. The van der Waals surface area contributed by atoms with E-state index in [4.69, 9.17) is 11.6 Å². The lowest BCUT2D eigenvalue weighted by Crippen LogP contribution is -2.51. The molecule has 0 aliphatic rings. The number of halogens is 1. The van der Waals surface area contributed by atoms with E-state index in [1.54, 1.807) is 31.2 Å². The van der Waals surface area contributed by atoms with Crippen LogP contribution in [0.2, 0.25) is 5.02 Å². The van der Waals surface area contributed by atoms with Gasteiger partial charge in [-0.1, -0.05) is 54.9 Å². The van der Waals surface area contributed by atoms with Crippen LogP contribution < -0.4 is 9.62 Å². The Hall–Kier alpha value is -2.05. The highest BCUT2D eigenvalue weighted by Gasteiger charge is 2.32. The van der Waals surface area contributed by atoms with Crippen LogP contribution >= 0.6 is 11.6 Å². The summed E-state index contributed by atoms with van der Waals surface area (Å²) in [6.45, 7) is 3.72. The molecule has 0 bridgehead atoms. The molecule has 0 aliphatic carbocycles. The number of nitrogens with one attached hydrogen (secondary N) is 1. The Morgan fingerprint density at radius 3 is 2.39 bits per heavy atom. The third kappa shape index (κ3) is 6.24. The summed E-state index contributed by atoms with van der Waals surface area (Å²) in [6, 6.07) is 15.6. The van der Waals surface area contributed by atoms with E-state index in [1.807, 2.05) is 37.3 Å².